The summed E-state index contributed by atoms with van der Waals surface area (Å²) in [6, 6.07) is 5.21. The molecule has 0 aliphatic carbocycles. The molecule has 3 nitrogen and oxygen atoms in total. The molecular formula is C11H15Cl2NO2S. The maximum Gasteiger partial charge on any atom is 0.151 e. The van der Waals surface area contributed by atoms with Crippen LogP contribution in [0.25, 0.3) is 0 Å². The van der Waals surface area contributed by atoms with Crippen molar-refractivity contribution in [2.24, 2.45) is 0 Å². The van der Waals surface area contributed by atoms with E-state index in [1.807, 2.05) is 0 Å². The molecule has 1 aromatic carbocycles. The predicted molar refractivity (Wildman–Crippen MR) is 72.5 cm³/mol. The summed E-state index contributed by atoms with van der Waals surface area (Å²) >= 11 is 11.8. The van der Waals surface area contributed by atoms with Crippen molar-refractivity contribution < 1.29 is 8.42 Å². The standard InChI is InChI=1S/C11H15Cl2NO2S/c1-2-17(15,16)6-5-14-8-9-7-10(12)3-4-11(9)13/h3-4,7,14H,2,5-6,8H2,1H3. The highest BCUT2D eigenvalue weighted by molar-refractivity contribution is 7.91. The van der Waals surface area contributed by atoms with Gasteiger partial charge in [0, 0.05) is 28.9 Å². The van der Waals surface area contributed by atoms with Gasteiger partial charge in [0.05, 0.1) is 5.75 Å². The van der Waals surface area contributed by atoms with Gasteiger partial charge in [0.25, 0.3) is 0 Å². The third kappa shape index (κ3) is 5.25. The van der Waals surface area contributed by atoms with Crippen molar-refractivity contribution in [2.75, 3.05) is 18.1 Å². The molecule has 0 unspecified atom stereocenters. The van der Waals surface area contributed by atoms with Crippen LogP contribution in [0.2, 0.25) is 10.0 Å². The average molecular weight is 296 g/mol. The van der Waals surface area contributed by atoms with Gasteiger partial charge in [0.2, 0.25) is 0 Å². The van der Waals surface area contributed by atoms with E-state index in [1.54, 1.807) is 25.1 Å². The molecule has 17 heavy (non-hydrogen) atoms. The Kier molecular flexibility index (Phi) is 5.73. The van der Waals surface area contributed by atoms with Crippen LogP contribution in [-0.4, -0.2) is 26.5 Å². The SMILES string of the molecule is CCS(=O)(=O)CCNCc1cc(Cl)ccc1Cl. The first-order valence-corrected chi connectivity index (χ1v) is 7.87. The first kappa shape index (κ1) is 14.8. The molecule has 0 saturated carbocycles. The molecule has 1 rings (SSSR count). The second kappa shape index (κ2) is 6.59. The lowest BCUT2D eigenvalue weighted by Gasteiger charge is -2.07. The molecule has 0 heterocycles. The number of nitrogens with one attached hydrogen (secondary N) is 1. The van der Waals surface area contributed by atoms with E-state index < -0.39 is 9.84 Å². The molecule has 96 valence electrons. The molecule has 0 aromatic heterocycles. The zero-order valence-electron chi connectivity index (χ0n) is 9.54. The van der Waals surface area contributed by atoms with Crippen LogP contribution in [0, 0.1) is 0 Å². The molecule has 0 atom stereocenters. The highest BCUT2D eigenvalue weighted by atomic mass is 35.5. The predicted octanol–water partition coefficient (Wildman–Crippen LogP) is 2.52. The Bertz CT molecular complexity index is 474. The zero-order chi connectivity index (χ0) is 12.9. The van der Waals surface area contributed by atoms with Crippen molar-refractivity contribution >= 4 is 33.0 Å². The molecular weight excluding hydrogens is 281 g/mol. The van der Waals surface area contributed by atoms with Gasteiger partial charge in [-0.05, 0) is 23.8 Å². The van der Waals surface area contributed by atoms with Gasteiger partial charge >= 0.3 is 0 Å². The Balaban J connectivity index is 2.44. The van der Waals surface area contributed by atoms with E-state index in [4.69, 9.17) is 23.2 Å². The Labute approximate surface area is 112 Å². The Morgan fingerprint density at radius 1 is 1.29 bits per heavy atom. The van der Waals surface area contributed by atoms with Gasteiger partial charge in [-0.1, -0.05) is 30.1 Å². The van der Waals surface area contributed by atoms with Crippen LogP contribution in [0.4, 0.5) is 0 Å². The summed E-state index contributed by atoms with van der Waals surface area (Å²) in [7, 11) is -2.91. The molecule has 0 saturated heterocycles. The second-order valence-corrected chi connectivity index (χ2v) is 6.97. The van der Waals surface area contributed by atoms with Crippen molar-refractivity contribution in [1.29, 1.82) is 0 Å². The summed E-state index contributed by atoms with van der Waals surface area (Å²) in [4.78, 5) is 0. The van der Waals surface area contributed by atoms with Gasteiger partial charge < -0.3 is 5.32 Å². The Morgan fingerprint density at radius 3 is 2.65 bits per heavy atom. The number of rotatable bonds is 6. The number of sulfone groups is 1. The number of hydrogen-bond donors (Lipinski definition) is 1. The summed E-state index contributed by atoms with van der Waals surface area (Å²) in [6.45, 7) is 2.57. The third-order valence-corrected chi connectivity index (χ3v) is 4.66. The van der Waals surface area contributed by atoms with Crippen LogP contribution in [0.5, 0.6) is 0 Å². The van der Waals surface area contributed by atoms with E-state index >= 15 is 0 Å². The van der Waals surface area contributed by atoms with E-state index in [9.17, 15) is 8.42 Å². The molecule has 0 aliphatic rings. The van der Waals surface area contributed by atoms with E-state index in [-0.39, 0.29) is 11.5 Å². The maximum atomic E-state index is 11.2. The molecule has 0 radical (unpaired) electrons. The van der Waals surface area contributed by atoms with Crippen molar-refractivity contribution in [3.05, 3.63) is 33.8 Å². The second-order valence-electron chi connectivity index (χ2n) is 3.65. The minimum Gasteiger partial charge on any atom is -0.312 e. The van der Waals surface area contributed by atoms with E-state index in [0.717, 1.165) is 5.56 Å². The van der Waals surface area contributed by atoms with Crippen LogP contribution in [0.15, 0.2) is 18.2 Å². The molecule has 1 aromatic rings. The van der Waals surface area contributed by atoms with Crippen molar-refractivity contribution in [3.8, 4) is 0 Å². The third-order valence-electron chi connectivity index (χ3n) is 2.35. The maximum absolute atomic E-state index is 11.2. The fourth-order valence-electron chi connectivity index (χ4n) is 1.27. The molecule has 0 fully saturated rings. The normalized spacial score (nSPS) is 11.7. The summed E-state index contributed by atoms with van der Waals surface area (Å²) in [5, 5.41) is 4.28. The summed E-state index contributed by atoms with van der Waals surface area (Å²) in [5.74, 6) is 0.314. The summed E-state index contributed by atoms with van der Waals surface area (Å²) in [5.41, 5.74) is 0.869. The van der Waals surface area contributed by atoms with Crippen LogP contribution < -0.4 is 5.32 Å². The summed E-state index contributed by atoms with van der Waals surface area (Å²) < 4.78 is 22.5. The lowest BCUT2D eigenvalue weighted by atomic mass is 10.2. The minimum absolute atomic E-state index is 0.141. The van der Waals surface area contributed by atoms with Crippen LogP contribution >= 0.6 is 23.2 Å². The monoisotopic (exact) mass is 295 g/mol. The average Bonchev–Trinajstić information content (AvgIpc) is 2.29. The Hall–Kier alpha value is -0.290. The molecule has 0 spiro atoms. The van der Waals surface area contributed by atoms with Crippen molar-refractivity contribution in [3.63, 3.8) is 0 Å². The molecule has 6 heteroatoms. The molecule has 0 amide bonds. The first-order chi connectivity index (χ1) is 7.94. The first-order valence-electron chi connectivity index (χ1n) is 5.29. The van der Waals surface area contributed by atoms with Crippen LogP contribution in [-0.2, 0) is 16.4 Å². The highest BCUT2D eigenvalue weighted by Gasteiger charge is 2.06. The number of benzene rings is 1. The fourth-order valence-corrected chi connectivity index (χ4v) is 2.40. The number of hydrogen-bond acceptors (Lipinski definition) is 3. The van der Waals surface area contributed by atoms with Gasteiger partial charge in [-0.15, -0.1) is 0 Å². The van der Waals surface area contributed by atoms with Gasteiger partial charge in [0.15, 0.2) is 9.84 Å². The highest BCUT2D eigenvalue weighted by Crippen LogP contribution is 2.20. The van der Waals surface area contributed by atoms with Crippen molar-refractivity contribution in [2.45, 2.75) is 13.5 Å². The number of halogens is 2. The Morgan fingerprint density at radius 2 is 2.00 bits per heavy atom. The van der Waals surface area contributed by atoms with E-state index in [2.05, 4.69) is 5.32 Å². The molecule has 0 aliphatic heterocycles. The lowest BCUT2D eigenvalue weighted by Crippen LogP contribution is -2.23. The van der Waals surface area contributed by atoms with Crippen molar-refractivity contribution in [1.82, 2.24) is 5.32 Å². The van der Waals surface area contributed by atoms with Crippen LogP contribution in [0.3, 0.4) is 0 Å². The van der Waals surface area contributed by atoms with E-state index in [1.165, 1.54) is 0 Å². The fraction of sp³-hybridized carbons (Fsp3) is 0.455. The quantitative estimate of drug-likeness (QED) is 0.821. The topological polar surface area (TPSA) is 46.2 Å². The van der Waals surface area contributed by atoms with Gasteiger partial charge in [0.1, 0.15) is 0 Å². The minimum atomic E-state index is -2.91. The molecule has 1 N–H and O–H groups in total. The largest absolute Gasteiger partial charge is 0.312 e. The van der Waals surface area contributed by atoms with Gasteiger partial charge in [-0.3, -0.25) is 0 Å². The van der Waals surface area contributed by atoms with Gasteiger partial charge in [-0.25, -0.2) is 8.42 Å². The molecule has 0 bridgehead atoms. The van der Waals surface area contributed by atoms with Gasteiger partial charge in [-0.2, -0.15) is 0 Å². The zero-order valence-corrected chi connectivity index (χ0v) is 11.9. The lowest BCUT2D eigenvalue weighted by molar-refractivity contribution is 0.592. The summed E-state index contributed by atoms with van der Waals surface area (Å²) in [6.07, 6.45) is 0. The van der Waals surface area contributed by atoms with Crippen LogP contribution in [0.1, 0.15) is 12.5 Å². The van der Waals surface area contributed by atoms with E-state index in [0.29, 0.717) is 23.1 Å². The smallest absolute Gasteiger partial charge is 0.151 e.